The Morgan fingerprint density at radius 1 is 1.39 bits per heavy atom. The number of rotatable bonds is 5. The van der Waals surface area contributed by atoms with Gasteiger partial charge in [0.2, 0.25) is 0 Å². The van der Waals surface area contributed by atoms with E-state index in [0.29, 0.717) is 0 Å². The lowest BCUT2D eigenvalue weighted by Gasteiger charge is -2.14. The van der Waals surface area contributed by atoms with E-state index in [4.69, 9.17) is 10.5 Å². The fraction of sp³-hybridized carbons (Fsp3) is 0.286. The fourth-order valence-electron chi connectivity index (χ4n) is 1.77. The highest BCUT2D eigenvalue weighted by atomic mass is 32.1. The maximum atomic E-state index is 5.86. The first-order chi connectivity index (χ1) is 8.70. The van der Waals surface area contributed by atoms with Crippen LogP contribution < -0.4 is 15.8 Å². The molecule has 0 saturated carbocycles. The molecule has 96 valence electrons. The molecule has 0 aliphatic carbocycles. The number of hydrogen-bond acceptors (Lipinski definition) is 4. The average Bonchev–Trinajstić information content (AvgIpc) is 2.81. The van der Waals surface area contributed by atoms with Crippen molar-refractivity contribution in [1.29, 1.82) is 0 Å². The first kappa shape index (κ1) is 12.9. The van der Waals surface area contributed by atoms with Gasteiger partial charge in [0.05, 0.1) is 7.11 Å². The predicted octanol–water partition coefficient (Wildman–Crippen LogP) is 3.19. The number of anilines is 1. The van der Waals surface area contributed by atoms with Crippen molar-refractivity contribution < 1.29 is 4.74 Å². The Labute approximate surface area is 112 Å². The standard InChI is InChI=1S/C14H18N2OS/c1-10(11-4-3-5-12(8-11)17-2)16-9-14-13(15)6-7-18-14/h3-8,10,16H,9,15H2,1-2H3. The largest absolute Gasteiger partial charge is 0.497 e. The second-order valence-corrected chi connectivity index (χ2v) is 5.18. The third kappa shape index (κ3) is 3.03. The van der Waals surface area contributed by atoms with Gasteiger partial charge in [-0.3, -0.25) is 0 Å². The van der Waals surface area contributed by atoms with Gasteiger partial charge >= 0.3 is 0 Å². The molecule has 0 radical (unpaired) electrons. The van der Waals surface area contributed by atoms with Crippen LogP contribution in [0.3, 0.4) is 0 Å². The minimum absolute atomic E-state index is 0.265. The number of nitrogens with one attached hydrogen (secondary N) is 1. The summed E-state index contributed by atoms with van der Waals surface area (Å²) in [6, 6.07) is 10.3. The molecule has 2 rings (SSSR count). The van der Waals surface area contributed by atoms with Gasteiger partial charge in [-0.05, 0) is 36.1 Å². The summed E-state index contributed by atoms with van der Waals surface area (Å²) in [5.41, 5.74) is 7.94. The Hall–Kier alpha value is -1.52. The molecule has 0 aliphatic heterocycles. The Balaban J connectivity index is 1.99. The highest BCUT2D eigenvalue weighted by Gasteiger charge is 2.07. The van der Waals surface area contributed by atoms with Gasteiger partial charge in [0.25, 0.3) is 0 Å². The summed E-state index contributed by atoms with van der Waals surface area (Å²) in [6.45, 7) is 2.93. The van der Waals surface area contributed by atoms with E-state index in [1.807, 2.05) is 23.6 Å². The monoisotopic (exact) mass is 262 g/mol. The molecule has 0 aliphatic rings. The SMILES string of the molecule is COc1cccc(C(C)NCc2sccc2N)c1. The molecule has 1 heterocycles. The number of ether oxygens (including phenoxy) is 1. The Bertz CT molecular complexity index is 510. The summed E-state index contributed by atoms with van der Waals surface area (Å²) >= 11 is 1.68. The lowest BCUT2D eigenvalue weighted by molar-refractivity contribution is 0.413. The fourth-order valence-corrected chi connectivity index (χ4v) is 2.52. The average molecular weight is 262 g/mol. The van der Waals surface area contributed by atoms with Crippen molar-refractivity contribution >= 4 is 17.0 Å². The van der Waals surface area contributed by atoms with Crippen molar-refractivity contribution in [3.8, 4) is 5.75 Å². The molecule has 0 bridgehead atoms. The molecule has 1 atom stereocenters. The molecular formula is C14H18N2OS. The number of methoxy groups -OCH3 is 1. The van der Waals surface area contributed by atoms with E-state index >= 15 is 0 Å². The zero-order valence-electron chi connectivity index (χ0n) is 10.6. The predicted molar refractivity (Wildman–Crippen MR) is 77.0 cm³/mol. The van der Waals surface area contributed by atoms with E-state index in [9.17, 15) is 0 Å². The molecular weight excluding hydrogens is 244 g/mol. The minimum atomic E-state index is 0.265. The van der Waals surface area contributed by atoms with Crippen molar-refractivity contribution in [1.82, 2.24) is 5.32 Å². The Kier molecular flexibility index (Phi) is 4.23. The van der Waals surface area contributed by atoms with Gasteiger partial charge in [-0.15, -0.1) is 11.3 Å². The van der Waals surface area contributed by atoms with Crippen LogP contribution in [0.15, 0.2) is 35.7 Å². The van der Waals surface area contributed by atoms with E-state index in [1.165, 1.54) is 10.4 Å². The molecule has 0 saturated heterocycles. The number of hydrogen-bond donors (Lipinski definition) is 2. The van der Waals surface area contributed by atoms with Crippen molar-refractivity contribution in [3.05, 3.63) is 46.2 Å². The summed E-state index contributed by atoms with van der Waals surface area (Å²) in [5.74, 6) is 0.886. The van der Waals surface area contributed by atoms with E-state index in [0.717, 1.165) is 18.0 Å². The van der Waals surface area contributed by atoms with Gasteiger partial charge in [0.15, 0.2) is 0 Å². The van der Waals surface area contributed by atoms with Crippen LogP contribution in [-0.2, 0) is 6.54 Å². The molecule has 18 heavy (non-hydrogen) atoms. The van der Waals surface area contributed by atoms with Crippen LogP contribution in [0.5, 0.6) is 5.75 Å². The molecule has 4 heteroatoms. The molecule has 0 fully saturated rings. The van der Waals surface area contributed by atoms with Crippen molar-refractivity contribution in [2.45, 2.75) is 19.5 Å². The zero-order chi connectivity index (χ0) is 13.0. The summed E-state index contributed by atoms with van der Waals surface area (Å²) < 4.78 is 5.23. The van der Waals surface area contributed by atoms with E-state index in [1.54, 1.807) is 18.4 Å². The van der Waals surface area contributed by atoms with Crippen molar-refractivity contribution in [2.24, 2.45) is 0 Å². The summed E-state index contributed by atoms with van der Waals surface area (Å²) in [6.07, 6.45) is 0. The second-order valence-electron chi connectivity index (χ2n) is 4.18. The zero-order valence-corrected chi connectivity index (χ0v) is 11.5. The van der Waals surface area contributed by atoms with Gasteiger partial charge < -0.3 is 15.8 Å². The molecule has 1 aromatic carbocycles. The van der Waals surface area contributed by atoms with Gasteiger partial charge in [0, 0.05) is 23.2 Å². The van der Waals surface area contributed by atoms with E-state index in [-0.39, 0.29) is 6.04 Å². The smallest absolute Gasteiger partial charge is 0.119 e. The first-order valence-electron chi connectivity index (χ1n) is 5.90. The van der Waals surface area contributed by atoms with Gasteiger partial charge in [0.1, 0.15) is 5.75 Å². The molecule has 0 amide bonds. The molecule has 0 spiro atoms. The van der Waals surface area contributed by atoms with Gasteiger partial charge in [-0.1, -0.05) is 12.1 Å². The summed E-state index contributed by atoms with van der Waals surface area (Å²) in [5, 5.41) is 5.48. The molecule has 3 N–H and O–H groups in total. The second kappa shape index (κ2) is 5.89. The molecule has 1 unspecified atom stereocenters. The molecule has 1 aromatic heterocycles. The lowest BCUT2D eigenvalue weighted by atomic mass is 10.1. The van der Waals surface area contributed by atoms with Crippen LogP contribution in [0.25, 0.3) is 0 Å². The Morgan fingerprint density at radius 2 is 2.22 bits per heavy atom. The maximum absolute atomic E-state index is 5.86. The third-order valence-electron chi connectivity index (χ3n) is 2.94. The highest BCUT2D eigenvalue weighted by Crippen LogP contribution is 2.22. The first-order valence-corrected chi connectivity index (χ1v) is 6.78. The highest BCUT2D eigenvalue weighted by molar-refractivity contribution is 7.10. The minimum Gasteiger partial charge on any atom is -0.497 e. The summed E-state index contributed by atoms with van der Waals surface area (Å²) in [7, 11) is 1.68. The van der Waals surface area contributed by atoms with Gasteiger partial charge in [-0.2, -0.15) is 0 Å². The number of thiophene rings is 1. The quantitative estimate of drug-likeness (QED) is 0.870. The van der Waals surface area contributed by atoms with Crippen molar-refractivity contribution in [3.63, 3.8) is 0 Å². The van der Waals surface area contributed by atoms with Crippen LogP contribution in [0.4, 0.5) is 5.69 Å². The molecule has 2 aromatic rings. The van der Waals surface area contributed by atoms with Crippen LogP contribution in [0, 0.1) is 0 Å². The van der Waals surface area contributed by atoms with E-state index in [2.05, 4.69) is 24.4 Å². The van der Waals surface area contributed by atoms with Crippen LogP contribution in [-0.4, -0.2) is 7.11 Å². The topological polar surface area (TPSA) is 47.3 Å². The third-order valence-corrected chi connectivity index (χ3v) is 3.88. The summed E-state index contributed by atoms with van der Waals surface area (Å²) in [4.78, 5) is 1.18. The lowest BCUT2D eigenvalue weighted by Crippen LogP contribution is -2.18. The van der Waals surface area contributed by atoms with Crippen LogP contribution in [0.1, 0.15) is 23.4 Å². The maximum Gasteiger partial charge on any atom is 0.119 e. The van der Waals surface area contributed by atoms with Crippen molar-refractivity contribution in [2.75, 3.05) is 12.8 Å². The normalized spacial score (nSPS) is 12.3. The van der Waals surface area contributed by atoms with Gasteiger partial charge in [-0.25, -0.2) is 0 Å². The Morgan fingerprint density at radius 3 is 2.89 bits per heavy atom. The van der Waals surface area contributed by atoms with Crippen LogP contribution >= 0.6 is 11.3 Å². The van der Waals surface area contributed by atoms with E-state index < -0.39 is 0 Å². The number of benzene rings is 1. The molecule has 3 nitrogen and oxygen atoms in total. The number of nitrogen functional groups attached to an aromatic ring is 1. The number of nitrogens with two attached hydrogens (primary N) is 1. The van der Waals surface area contributed by atoms with Crippen LogP contribution in [0.2, 0.25) is 0 Å².